The Kier molecular flexibility index (Phi) is 7.02. The Bertz CT molecular complexity index is 1410. The molecular weight excluding hydrogens is 529 g/mol. The highest BCUT2D eigenvalue weighted by Gasteiger charge is 2.63. The van der Waals surface area contributed by atoms with Gasteiger partial charge >= 0.3 is 0 Å². The first-order chi connectivity index (χ1) is 18.4. The molecule has 3 aliphatic carbocycles. The lowest BCUT2D eigenvalue weighted by Gasteiger charge is -2.50. The van der Waals surface area contributed by atoms with Crippen molar-refractivity contribution >= 4 is 29.2 Å². The van der Waals surface area contributed by atoms with Crippen LogP contribution in [0.5, 0.6) is 5.75 Å². The number of aromatic nitrogens is 1. The number of ketones is 2. The summed E-state index contributed by atoms with van der Waals surface area (Å²) >= 11 is 0. The van der Waals surface area contributed by atoms with Crippen molar-refractivity contribution < 1.29 is 44.0 Å². The smallest absolute Gasteiger partial charge is 0.255 e. The van der Waals surface area contributed by atoms with E-state index in [0.29, 0.717) is 0 Å². The van der Waals surface area contributed by atoms with E-state index in [2.05, 4.69) is 15.6 Å². The number of nitrogens with two attached hydrogens (primary N) is 1. The van der Waals surface area contributed by atoms with E-state index in [9.17, 15) is 39.6 Å². The SMILES string of the molecule is CN(C)[C@@H]1C(O)=C(C(N)=O)C(=O)[C@@]2(O)C(O)=C3C(=O)c4c(O)c(NC(=O)CNC(C)(C)C)nc(F)c4C[C@H]3C[C@@H]12. The molecule has 0 saturated heterocycles. The van der Waals surface area contributed by atoms with Crippen molar-refractivity contribution in [3.05, 3.63) is 39.7 Å². The second kappa shape index (κ2) is 9.64. The molecule has 40 heavy (non-hydrogen) atoms. The number of allylic oxidation sites excluding steroid dienone is 1. The molecule has 4 rings (SSSR count). The molecular formula is C26H32FN5O8. The first kappa shape index (κ1) is 29.1. The molecule has 0 bridgehead atoms. The number of nitrogens with zero attached hydrogens (tertiary/aromatic N) is 2. The number of fused-ring (bicyclic) bond motifs is 3. The molecule has 8 N–H and O–H groups in total. The van der Waals surface area contributed by atoms with Crippen LogP contribution in [0.3, 0.4) is 0 Å². The van der Waals surface area contributed by atoms with E-state index >= 15 is 4.39 Å². The number of anilines is 1. The zero-order chi connectivity index (χ0) is 30.1. The van der Waals surface area contributed by atoms with Crippen LogP contribution in [0, 0.1) is 17.8 Å². The molecule has 0 saturated carbocycles. The van der Waals surface area contributed by atoms with Crippen molar-refractivity contribution in [2.45, 2.75) is 50.8 Å². The molecule has 0 fully saturated rings. The Balaban J connectivity index is 1.82. The number of pyridine rings is 1. The molecule has 4 atom stereocenters. The Morgan fingerprint density at radius 1 is 1.20 bits per heavy atom. The predicted molar refractivity (Wildman–Crippen MR) is 138 cm³/mol. The number of aliphatic hydroxyl groups excluding tert-OH is 2. The van der Waals surface area contributed by atoms with Crippen LogP contribution in [0.4, 0.5) is 10.2 Å². The van der Waals surface area contributed by atoms with Crippen LogP contribution in [-0.2, 0) is 20.8 Å². The summed E-state index contributed by atoms with van der Waals surface area (Å²) in [7, 11) is 3.00. The molecule has 1 aromatic heterocycles. The third-order valence-electron chi connectivity index (χ3n) is 7.57. The third-order valence-corrected chi connectivity index (χ3v) is 7.57. The number of halogens is 1. The number of aromatic hydroxyl groups is 1. The van der Waals surface area contributed by atoms with E-state index in [1.807, 2.05) is 20.8 Å². The summed E-state index contributed by atoms with van der Waals surface area (Å²) in [5.41, 5.74) is -0.188. The Labute approximate surface area is 228 Å². The number of rotatable bonds is 5. The van der Waals surface area contributed by atoms with Crippen LogP contribution < -0.4 is 16.4 Å². The lowest BCUT2D eigenvalue weighted by atomic mass is 9.58. The first-order valence-corrected chi connectivity index (χ1v) is 12.5. The van der Waals surface area contributed by atoms with Gasteiger partial charge in [0.05, 0.1) is 18.2 Å². The summed E-state index contributed by atoms with van der Waals surface area (Å²) in [5, 5.41) is 49.7. The fourth-order valence-corrected chi connectivity index (χ4v) is 5.77. The summed E-state index contributed by atoms with van der Waals surface area (Å²) in [4.78, 5) is 56.4. The Hall–Kier alpha value is -3.88. The normalized spacial score (nSPS) is 26.4. The molecule has 0 radical (unpaired) electrons. The summed E-state index contributed by atoms with van der Waals surface area (Å²) in [6.07, 6.45) is -0.455. The highest BCUT2D eigenvalue weighted by Crippen LogP contribution is 2.52. The maximum Gasteiger partial charge on any atom is 0.255 e. The molecule has 216 valence electrons. The number of hydrogen-bond acceptors (Lipinski definition) is 11. The van der Waals surface area contributed by atoms with Crippen molar-refractivity contribution in [1.82, 2.24) is 15.2 Å². The maximum absolute atomic E-state index is 15.2. The Morgan fingerprint density at radius 3 is 2.38 bits per heavy atom. The molecule has 0 aliphatic heterocycles. The van der Waals surface area contributed by atoms with E-state index < -0.39 is 98.1 Å². The monoisotopic (exact) mass is 561 g/mol. The van der Waals surface area contributed by atoms with Gasteiger partial charge in [-0.15, -0.1) is 0 Å². The zero-order valence-electron chi connectivity index (χ0n) is 22.6. The van der Waals surface area contributed by atoms with E-state index in [0.717, 1.165) is 0 Å². The lowest BCUT2D eigenvalue weighted by molar-refractivity contribution is -0.148. The summed E-state index contributed by atoms with van der Waals surface area (Å²) in [5.74, 6) is -11.1. The van der Waals surface area contributed by atoms with Crippen LogP contribution in [0.1, 0.15) is 43.1 Å². The average Bonchev–Trinajstić information content (AvgIpc) is 2.82. The fraction of sp³-hybridized carbons (Fsp3) is 0.500. The predicted octanol–water partition coefficient (Wildman–Crippen LogP) is -0.0187. The van der Waals surface area contributed by atoms with Gasteiger partial charge in [0.1, 0.15) is 17.1 Å². The minimum absolute atomic E-state index is 0.192. The van der Waals surface area contributed by atoms with Gasteiger partial charge in [0.2, 0.25) is 17.6 Å². The quantitative estimate of drug-likeness (QED) is 0.187. The van der Waals surface area contributed by atoms with E-state index in [1.165, 1.54) is 19.0 Å². The number of nitrogens with one attached hydrogen (secondary N) is 2. The van der Waals surface area contributed by atoms with Gasteiger partial charge in [-0.3, -0.25) is 24.1 Å². The highest BCUT2D eigenvalue weighted by atomic mass is 19.1. The number of aliphatic hydroxyl groups is 3. The minimum atomic E-state index is -2.82. The van der Waals surface area contributed by atoms with Gasteiger partial charge in [-0.25, -0.2) is 0 Å². The number of Topliss-reactive ketones (excluding diaryl/α,β-unsaturated/α-hetero) is 2. The number of likely N-dealkylation sites (N-methyl/N-ethyl adjacent to an activating group) is 1. The van der Waals surface area contributed by atoms with Gasteiger partial charge in [-0.05, 0) is 53.6 Å². The van der Waals surface area contributed by atoms with Gasteiger partial charge in [0, 0.05) is 22.6 Å². The molecule has 14 heteroatoms. The van der Waals surface area contributed by atoms with Gasteiger partial charge in [-0.1, -0.05) is 0 Å². The van der Waals surface area contributed by atoms with Gasteiger partial charge in [0.25, 0.3) is 5.91 Å². The second-order valence-electron chi connectivity index (χ2n) is 11.6. The largest absolute Gasteiger partial charge is 0.510 e. The summed E-state index contributed by atoms with van der Waals surface area (Å²) in [6, 6.07) is -1.17. The number of hydrogen-bond donors (Lipinski definition) is 7. The fourth-order valence-electron chi connectivity index (χ4n) is 5.77. The number of carbonyl (C=O) groups is 4. The van der Waals surface area contributed by atoms with Gasteiger partial charge in [0.15, 0.2) is 23.0 Å². The molecule has 0 unspecified atom stereocenters. The maximum atomic E-state index is 15.2. The van der Waals surface area contributed by atoms with Crippen LogP contribution >= 0.6 is 0 Å². The number of amides is 2. The van der Waals surface area contributed by atoms with Gasteiger partial charge in [-0.2, -0.15) is 9.37 Å². The highest BCUT2D eigenvalue weighted by molar-refractivity contribution is 6.24. The van der Waals surface area contributed by atoms with Crippen molar-refractivity contribution in [2.24, 2.45) is 17.6 Å². The first-order valence-electron chi connectivity index (χ1n) is 12.5. The van der Waals surface area contributed by atoms with E-state index in [1.54, 1.807) is 0 Å². The van der Waals surface area contributed by atoms with Crippen LogP contribution in [0.15, 0.2) is 22.7 Å². The summed E-state index contributed by atoms with van der Waals surface area (Å²) < 4.78 is 15.2. The summed E-state index contributed by atoms with van der Waals surface area (Å²) in [6.45, 7) is 5.23. The molecule has 0 aromatic carbocycles. The molecule has 1 aromatic rings. The molecule has 1 heterocycles. The molecule has 13 nitrogen and oxygen atoms in total. The number of primary amides is 1. The topological polar surface area (TPSA) is 215 Å². The average molecular weight is 562 g/mol. The van der Waals surface area contributed by atoms with Crippen molar-refractivity contribution in [2.75, 3.05) is 26.0 Å². The van der Waals surface area contributed by atoms with E-state index in [4.69, 9.17) is 5.73 Å². The van der Waals surface area contributed by atoms with Gasteiger partial charge < -0.3 is 36.8 Å². The lowest BCUT2D eigenvalue weighted by Crippen LogP contribution is -2.63. The standard InChI is InChI=1S/C26H32FN5O8/c1-25(2,3)29-8-12(33)30-24-19(36)14-10(22(27)31-24)6-9-7-11-16(32(4)5)18(35)15(23(28)39)21(38)26(11,40)20(37)13(9)17(14)34/h9,11,16,29,35-37,40H,6-8H2,1-5H3,(H2,28,39)(H,30,31,33)/t9-,11-,16-,26-/m0/s1. The third kappa shape index (κ3) is 4.41. The van der Waals surface area contributed by atoms with Crippen molar-refractivity contribution in [1.29, 1.82) is 0 Å². The van der Waals surface area contributed by atoms with Crippen molar-refractivity contribution in [3.8, 4) is 5.75 Å². The van der Waals surface area contributed by atoms with Crippen LogP contribution in [-0.4, -0.2) is 91.5 Å². The van der Waals surface area contributed by atoms with Crippen molar-refractivity contribution in [3.63, 3.8) is 0 Å². The molecule has 3 aliphatic rings. The number of carbonyl (C=O) groups excluding carboxylic acids is 4. The minimum Gasteiger partial charge on any atom is -0.510 e. The van der Waals surface area contributed by atoms with Crippen LogP contribution in [0.2, 0.25) is 0 Å². The van der Waals surface area contributed by atoms with E-state index in [-0.39, 0.29) is 24.9 Å². The molecule has 2 amide bonds. The Morgan fingerprint density at radius 2 is 1.82 bits per heavy atom. The zero-order valence-corrected chi connectivity index (χ0v) is 22.6. The second-order valence-corrected chi connectivity index (χ2v) is 11.6. The molecule has 0 spiro atoms. The van der Waals surface area contributed by atoms with Crippen LogP contribution in [0.25, 0.3) is 0 Å².